The number of allylic oxidation sites excluding steroid dienone is 1. The lowest BCUT2D eigenvalue weighted by atomic mass is 10.4. The molecule has 0 radical (unpaired) electrons. The van der Waals surface area contributed by atoms with E-state index in [0.29, 0.717) is 0 Å². The highest BCUT2D eigenvalue weighted by atomic mass is 16.5. The van der Waals surface area contributed by atoms with Gasteiger partial charge in [0.05, 0.1) is 19.5 Å². The van der Waals surface area contributed by atoms with Crippen molar-refractivity contribution in [1.29, 1.82) is 0 Å². The zero-order valence-electron chi connectivity index (χ0n) is 5.35. The molecule has 0 saturated heterocycles. The predicted molar refractivity (Wildman–Crippen MR) is 32.5 cm³/mol. The molecule has 0 aromatic rings. The molecular weight excluding hydrogens is 104 g/mol. The van der Waals surface area contributed by atoms with Gasteiger partial charge in [-0.1, -0.05) is 6.92 Å². The monoisotopic (exact) mass is 116 g/mol. The number of ether oxygens (including phenoxy) is 1. The van der Waals surface area contributed by atoms with Crippen LogP contribution in [0.1, 0.15) is 13.3 Å². The van der Waals surface area contributed by atoms with Crippen molar-refractivity contribution in [2.24, 2.45) is 0 Å². The third kappa shape index (κ3) is 2.64. The van der Waals surface area contributed by atoms with Crippen molar-refractivity contribution in [3.8, 4) is 0 Å². The first-order valence-electron chi connectivity index (χ1n) is 2.69. The van der Waals surface area contributed by atoms with Gasteiger partial charge in [-0.2, -0.15) is 0 Å². The van der Waals surface area contributed by atoms with Crippen molar-refractivity contribution in [2.45, 2.75) is 13.3 Å². The smallest absolute Gasteiger partial charge is 0.0935 e. The highest BCUT2D eigenvalue weighted by Crippen LogP contribution is 1.98. The van der Waals surface area contributed by atoms with E-state index in [1.807, 2.05) is 6.92 Å². The van der Waals surface area contributed by atoms with Gasteiger partial charge in [0.2, 0.25) is 0 Å². The number of aliphatic hydroxyl groups excluding tert-OH is 1. The maximum Gasteiger partial charge on any atom is 0.0935 e. The fourth-order valence-corrected chi connectivity index (χ4v) is 0.474. The summed E-state index contributed by atoms with van der Waals surface area (Å²) < 4.78 is 4.84. The lowest BCUT2D eigenvalue weighted by Gasteiger charge is -1.98. The minimum absolute atomic E-state index is 0.0665. The molecule has 0 aromatic heterocycles. The second-order valence-corrected chi connectivity index (χ2v) is 1.41. The Hall–Kier alpha value is -0.500. The second-order valence-electron chi connectivity index (χ2n) is 1.41. The van der Waals surface area contributed by atoms with Gasteiger partial charge < -0.3 is 9.84 Å². The van der Waals surface area contributed by atoms with Crippen molar-refractivity contribution in [3.05, 3.63) is 11.8 Å². The second kappa shape index (κ2) is 4.65. The van der Waals surface area contributed by atoms with E-state index < -0.39 is 0 Å². The van der Waals surface area contributed by atoms with Gasteiger partial charge in [0.1, 0.15) is 0 Å². The lowest BCUT2D eigenvalue weighted by Crippen LogP contribution is -1.85. The number of methoxy groups -OCH3 is 1. The molecule has 0 aromatic carbocycles. The summed E-state index contributed by atoms with van der Waals surface area (Å²) in [6.45, 7) is 2.04. The standard InChI is InChI=1S/C6H12O2/c1-3-6(8-2)4-5-7/h4,7H,3,5H2,1-2H3/b6-4-. The Morgan fingerprint density at radius 1 is 1.75 bits per heavy atom. The van der Waals surface area contributed by atoms with Crippen LogP contribution in [0.2, 0.25) is 0 Å². The number of rotatable bonds is 3. The summed E-state index contributed by atoms with van der Waals surface area (Å²) in [6.07, 6.45) is 2.50. The van der Waals surface area contributed by atoms with Crippen LogP contribution in [0.4, 0.5) is 0 Å². The summed E-state index contributed by atoms with van der Waals surface area (Å²) in [5.74, 6) is 0.840. The molecule has 0 unspecified atom stereocenters. The van der Waals surface area contributed by atoms with Crippen LogP contribution in [-0.4, -0.2) is 18.8 Å². The molecule has 0 aliphatic carbocycles. The Labute approximate surface area is 49.8 Å². The average Bonchev–Trinajstić information content (AvgIpc) is 1.83. The number of hydrogen-bond acceptors (Lipinski definition) is 2. The van der Waals surface area contributed by atoms with Gasteiger partial charge >= 0.3 is 0 Å². The Balaban J connectivity index is 3.49. The van der Waals surface area contributed by atoms with Crippen LogP contribution in [0.15, 0.2) is 11.8 Å². The van der Waals surface area contributed by atoms with Crippen LogP contribution in [0, 0.1) is 0 Å². The van der Waals surface area contributed by atoms with E-state index in [1.54, 1.807) is 13.2 Å². The molecule has 0 aliphatic rings. The van der Waals surface area contributed by atoms with Crippen molar-refractivity contribution >= 4 is 0 Å². The first-order chi connectivity index (χ1) is 3.85. The molecule has 2 nitrogen and oxygen atoms in total. The molecule has 0 aliphatic heterocycles. The maximum atomic E-state index is 8.34. The molecule has 0 fully saturated rings. The Morgan fingerprint density at radius 3 is 2.50 bits per heavy atom. The number of aliphatic hydroxyl groups is 1. The molecule has 0 atom stereocenters. The van der Waals surface area contributed by atoms with E-state index >= 15 is 0 Å². The van der Waals surface area contributed by atoms with E-state index in [1.165, 1.54) is 0 Å². The molecule has 1 N–H and O–H groups in total. The fraction of sp³-hybridized carbons (Fsp3) is 0.667. The molecule has 8 heavy (non-hydrogen) atoms. The van der Waals surface area contributed by atoms with E-state index in [9.17, 15) is 0 Å². The van der Waals surface area contributed by atoms with Gasteiger partial charge in [0, 0.05) is 6.42 Å². The van der Waals surface area contributed by atoms with Crippen LogP contribution >= 0.6 is 0 Å². The van der Waals surface area contributed by atoms with E-state index in [4.69, 9.17) is 9.84 Å². The van der Waals surface area contributed by atoms with Gasteiger partial charge in [-0.05, 0) is 6.08 Å². The van der Waals surface area contributed by atoms with Gasteiger partial charge in [0.25, 0.3) is 0 Å². The minimum atomic E-state index is 0.0665. The van der Waals surface area contributed by atoms with Crippen molar-refractivity contribution in [2.75, 3.05) is 13.7 Å². The molecule has 0 heterocycles. The van der Waals surface area contributed by atoms with E-state index in [0.717, 1.165) is 12.2 Å². The summed E-state index contributed by atoms with van der Waals surface area (Å²) in [6, 6.07) is 0. The Kier molecular flexibility index (Phi) is 4.36. The van der Waals surface area contributed by atoms with Crippen molar-refractivity contribution in [3.63, 3.8) is 0 Å². The molecule has 0 amide bonds. The van der Waals surface area contributed by atoms with Crippen molar-refractivity contribution < 1.29 is 9.84 Å². The van der Waals surface area contributed by atoms with Crippen LogP contribution in [-0.2, 0) is 4.74 Å². The lowest BCUT2D eigenvalue weighted by molar-refractivity contribution is 0.268. The van der Waals surface area contributed by atoms with Crippen LogP contribution in [0.3, 0.4) is 0 Å². The summed E-state index contributed by atoms with van der Waals surface area (Å²) in [5.41, 5.74) is 0. The molecule has 0 bridgehead atoms. The Bertz CT molecular complexity index is 70.6. The van der Waals surface area contributed by atoms with Crippen LogP contribution < -0.4 is 0 Å². The molecule has 48 valence electrons. The summed E-state index contributed by atoms with van der Waals surface area (Å²) >= 11 is 0. The van der Waals surface area contributed by atoms with E-state index in [2.05, 4.69) is 0 Å². The normalized spacial score (nSPS) is 11.6. The highest BCUT2D eigenvalue weighted by molar-refractivity contribution is 4.90. The maximum absolute atomic E-state index is 8.34. The van der Waals surface area contributed by atoms with Crippen LogP contribution in [0.25, 0.3) is 0 Å². The molecule has 0 saturated carbocycles. The molecule has 0 spiro atoms. The topological polar surface area (TPSA) is 29.5 Å². The molecule has 0 rings (SSSR count). The van der Waals surface area contributed by atoms with Gasteiger partial charge in [-0.15, -0.1) is 0 Å². The predicted octanol–water partition coefficient (Wildman–Crippen LogP) is 0.919. The minimum Gasteiger partial charge on any atom is -0.501 e. The fourth-order valence-electron chi connectivity index (χ4n) is 0.474. The molecular formula is C6H12O2. The quantitative estimate of drug-likeness (QED) is 0.555. The Morgan fingerprint density at radius 2 is 2.38 bits per heavy atom. The summed E-state index contributed by atoms with van der Waals surface area (Å²) in [7, 11) is 1.60. The van der Waals surface area contributed by atoms with Gasteiger partial charge in [-0.25, -0.2) is 0 Å². The highest BCUT2D eigenvalue weighted by Gasteiger charge is 1.85. The van der Waals surface area contributed by atoms with Crippen LogP contribution in [0.5, 0.6) is 0 Å². The van der Waals surface area contributed by atoms with Crippen molar-refractivity contribution in [1.82, 2.24) is 0 Å². The van der Waals surface area contributed by atoms with Gasteiger partial charge in [-0.3, -0.25) is 0 Å². The zero-order chi connectivity index (χ0) is 6.41. The first kappa shape index (κ1) is 7.50. The first-order valence-corrected chi connectivity index (χ1v) is 2.69. The van der Waals surface area contributed by atoms with Gasteiger partial charge in [0.15, 0.2) is 0 Å². The third-order valence-corrected chi connectivity index (χ3v) is 0.930. The summed E-state index contributed by atoms with van der Waals surface area (Å²) in [4.78, 5) is 0. The largest absolute Gasteiger partial charge is 0.501 e. The average molecular weight is 116 g/mol. The third-order valence-electron chi connectivity index (χ3n) is 0.930. The molecule has 2 heteroatoms. The number of hydrogen-bond donors (Lipinski definition) is 1. The summed E-state index contributed by atoms with van der Waals surface area (Å²) in [5, 5.41) is 8.34. The zero-order valence-corrected chi connectivity index (χ0v) is 5.35. The SMILES string of the molecule is CC/C(=C/CO)OC. The van der Waals surface area contributed by atoms with E-state index in [-0.39, 0.29) is 6.61 Å².